The van der Waals surface area contributed by atoms with E-state index in [2.05, 4.69) is 12.1 Å². The topological polar surface area (TPSA) is 70.5 Å². The van der Waals surface area contributed by atoms with Crippen molar-refractivity contribution in [3.05, 3.63) is 63.7 Å². The Hall–Kier alpha value is -2.64. The Labute approximate surface area is 159 Å². The van der Waals surface area contributed by atoms with Crippen LogP contribution in [0.4, 0.5) is 5.69 Å². The number of benzene rings is 2. The number of methoxy groups -OCH3 is 2. The van der Waals surface area contributed by atoms with E-state index in [-0.39, 0.29) is 10.6 Å². The Morgan fingerprint density at radius 2 is 1.44 bits per heavy atom. The summed E-state index contributed by atoms with van der Waals surface area (Å²) in [6, 6.07) is 13.0. The zero-order valence-corrected chi connectivity index (χ0v) is 15.9. The number of hydrogen-bond donors (Lipinski definition) is 2. The zero-order chi connectivity index (χ0) is 19.2. The molecule has 144 valence electrons. The van der Waals surface area contributed by atoms with E-state index in [0.717, 1.165) is 56.3 Å². The first-order valence-corrected chi connectivity index (χ1v) is 9.20. The Bertz CT molecular complexity index is 766. The molecule has 1 heterocycles. The highest BCUT2D eigenvalue weighted by molar-refractivity contribution is 5.38. The van der Waals surface area contributed by atoms with Crippen LogP contribution in [-0.4, -0.2) is 45.3 Å². The molecule has 0 unspecified atom stereocenters. The van der Waals surface area contributed by atoms with Gasteiger partial charge in [0.15, 0.2) is 0 Å². The number of nitrogens with one attached hydrogen (secondary N) is 2. The average molecular weight is 373 g/mol. The molecule has 0 aliphatic carbocycles. The van der Waals surface area contributed by atoms with Crippen LogP contribution in [-0.2, 0) is 13.1 Å². The molecule has 3 rings (SSSR count). The van der Waals surface area contributed by atoms with Gasteiger partial charge < -0.3 is 19.3 Å². The first-order valence-electron chi connectivity index (χ1n) is 9.20. The molecule has 1 saturated heterocycles. The second kappa shape index (κ2) is 8.83. The van der Waals surface area contributed by atoms with E-state index in [1.807, 2.05) is 12.1 Å². The van der Waals surface area contributed by atoms with Crippen LogP contribution in [0.2, 0.25) is 0 Å². The van der Waals surface area contributed by atoms with Gasteiger partial charge in [0.1, 0.15) is 50.8 Å². The highest BCUT2D eigenvalue weighted by atomic mass is 16.6. The predicted octanol–water partition coefficient (Wildman–Crippen LogP) is 0.0956. The third-order valence-corrected chi connectivity index (χ3v) is 5.11. The molecule has 0 amide bonds. The van der Waals surface area contributed by atoms with Crippen LogP contribution in [0.5, 0.6) is 11.5 Å². The minimum absolute atomic E-state index is 0.170. The molecular formula is C20H27N3O4+2. The molecule has 0 atom stereocenters. The maximum absolute atomic E-state index is 10.9. The lowest BCUT2D eigenvalue weighted by atomic mass is 10.1. The predicted molar refractivity (Wildman–Crippen MR) is 101 cm³/mol. The van der Waals surface area contributed by atoms with Gasteiger partial charge in [-0.25, -0.2) is 0 Å². The summed E-state index contributed by atoms with van der Waals surface area (Å²) in [7, 11) is 3.34. The molecule has 1 fully saturated rings. The van der Waals surface area contributed by atoms with Gasteiger partial charge in [-0.1, -0.05) is 12.1 Å². The van der Waals surface area contributed by atoms with Crippen LogP contribution in [0, 0.1) is 10.1 Å². The molecule has 2 aromatic rings. The number of nitro groups is 1. The molecule has 0 aromatic heterocycles. The van der Waals surface area contributed by atoms with E-state index in [4.69, 9.17) is 9.47 Å². The maximum Gasteiger partial charge on any atom is 0.269 e. The SMILES string of the molecule is COc1cc(C[NH+]2CC[NH+](Cc3cccc([N+](=O)[O-])c3)CC2)cc(OC)c1. The summed E-state index contributed by atoms with van der Waals surface area (Å²) in [4.78, 5) is 13.6. The van der Waals surface area contributed by atoms with E-state index in [1.54, 1.807) is 32.4 Å². The number of ether oxygens (including phenoxy) is 2. The van der Waals surface area contributed by atoms with Crippen LogP contribution in [0.3, 0.4) is 0 Å². The van der Waals surface area contributed by atoms with E-state index in [0.29, 0.717) is 0 Å². The molecule has 2 aromatic carbocycles. The van der Waals surface area contributed by atoms with E-state index >= 15 is 0 Å². The summed E-state index contributed by atoms with van der Waals surface area (Å²) < 4.78 is 10.7. The van der Waals surface area contributed by atoms with Gasteiger partial charge in [-0.05, 0) is 12.1 Å². The van der Waals surface area contributed by atoms with Crippen molar-refractivity contribution in [2.75, 3.05) is 40.4 Å². The Balaban J connectivity index is 1.55. The second-order valence-electron chi connectivity index (χ2n) is 7.00. The summed E-state index contributed by atoms with van der Waals surface area (Å²) in [5, 5.41) is 10.9. The van der Waals surface area contributed by atoms with Crippen LogP contribution in [0.25, 0.3) is 0 Å². The van der Waals surface area contributed by atoms with Crippen molar-refractivity contribution in [1.29, 1.82) is 0 Å². The summed E-state index contributed by atoms with van der Waals surface area (Å²) in [6.45, 7) is 6.03. The van der Waals surface area contributed by atoms with Gasteiger partial charge in [-0.3, -0.25) is 10.1 Å². The zero-order valence-electron chi connectivity index (χ0n) is 15.9. The summed E-state index contributed by atoms with van der Waals surface area (Å²) in [6.07, 6.45) is 0. The van der Waals surface area contributed by atoms with Gasteiger partial charge in [0.2, 0.25) is 0 Å². The van der Waals surface area contributed by atoms with Crippen LogP contribution >= 0.6 is 0 Å². The molecule has 7 heteroatoms. The van der Waals surface area contributed by atoms with E-state index in [1.165, 1.54) is 15.4 Å². The monoisotopic (exact) mass is 373 g/mol. The summed E-state index contributed by atoms with van der Waals surface area (Å²) in [5.41, 5.74) is 2.41. The van der Waals surface area contributed by atoms with Gasteiger partial charge in [0, 0.05) is 29.3 Å². The second-order valence-corrected chi connectivity index (χ2v) is 7.00. The molecule has 0 saturated carbocycles. The van der Waals surface area contributed by atoms with Gasteiger partial charge in [-0.15, -0.1) is 0 Å². The molecule has 0 spiro atoms. The number of rotatable bonds is 7. The molecule has 0 radical (unpaired) electrons. The largest absolute Gasteiger partial charge is 0.497 e. The lowest BCUT2D eigenvalue weighted by molar-refractivity contribution is -1.02. The summed E-state index contributed by atoms with van der Waals surface area (Å²) >= 11 is 0. The smallest absolute Gasteiger partial charge is 0.269 e. The van der Waals surface area contributed by atoms with Gasteiger partial charge >= 0.3 is 0 Å². The third-order valence-electron chi connectivity index (χ3n) is 5.11. The fraction of sp³-hybridized carbons (Fsp3) is 0.400. The average Bonchev–Trinajstić information content (AvgIpc) is 2.69. The number of nitrogens with zero attached hydrogens (tertiary/aromatic N) is 1. The highest BCUT2D eigenvalue weighted by Gasteiger charge is 2.24. The van der Waals surface area contributed by atoms with Gasteiger partial charge in [0.25, 0.3) is 5.69 Å². The Morgan fingerprint density at radius 1 is 0.889 bits per heavy atom. The molecule has 1 aliphatic rings. The Morgan fingerprint density at radius 3 is 1.96 bits per heavy atom. The minimum Gasteiger partial charge on any atom is -0.497 e. The van der Waals surface area contributed by atoms with E-state index in [9.17, 15) is 10.1 Å². The van der Waals surface area contributed by atoms with Crippen molar-refractivity contribution in [3.8, 4) is 11.5 Å². The lowest BCUT2D eigenvalue weighted by Gasteiger charge is -2.30. The number of piperazine rings is 1. The maximum atomic E-state index is 10.9. The van der Waals surface area contributed by atoms with Crippen LogP contribution in [0.15, 0.2) is 42.5 Å². The normalized spacial score (nSPS) is 19.5. The minimum atomic E-state index is -0.330. The fourth-order valence-electron chi connectivity index (χ4n) is 3.64. The van der Waals surface area contributed by atoms with Crippen molar-refractivity contribution >= 4 is 5.69 Å². The first-order chi connectivity index (χ1) is 13.1. The molecule has 7 nitrogen and oxygen atoms in total. The van der Waals surface area contributed by atoms with E-state index < -0.39 is 0 Å². The highest BCUT2D eigenvalue weighted by Crippen LogP contribution is 2.21. The molecule has 2 N–H and O–H groups in total. The first kappa shape index (κ1) is 19.1. The third kappa shape index (κ3) is 5.18. The molecule has 1 aliphatic heterocycles. The van der Waals surface area contributed by atoms with Crippen LogP contribution < -0.4 is 19.3 Å². The number of non-ortho nitro benzene ring substituents is 1. The van der Waals surface area contributed by atoms with Crippen LogP contribution in [0.1, 0.15) is 11.1 Å². The number of hydrogen-bond acceptors (Lipinski definition) is 4. The molecular weight excluding hydrogens is 346 g/mol. The number of quaternary nitrogens is 2. The molecule has 27 heavy (non-hydrogen) atoms. The summed E-state index contributed by atoms with van der Waals surface area (Å²) in [5.74, 6) is 1.64. The van der Waals surface area contributed by atoms with Gasteiger partial charge in [-0.2, -0.15) is 0 Å². The van der Waals surface area contributed by atoms with Crippen molar-refractivity contribution in [2.45, 2.75) is 13.1 Å². The number of nitro benzene ring substituents is 1. The van der Waals surface area contributed by atoms with Crippen molar-refractivity contribution in [1.82, 2.24) is 0 Å². The lowest BCUT2D eigenvalue weighted by Crippen LogP contribution is -3.27. The quantitative estimate of drug-likeness (QED) is 0.533. The molecule has 0 bridgehead atoms. The van der Waals surface area contributed by atoms with Crippen molar-refractivity contribution in [2.24, 2.45) is 0 Å². The Kier molecular flexibility index (Phi) is 6.26. The standard InChI is InChI=1S/C20H25N3O4/c1-26-19-11-17(12-20(13-19)27-2)15-22-8-6-21(7-9-22)14-16-4-3-5-18(10-16)23(24)25/h3-5,10-13H,6-9,14-15H2,1-2H3/p+2. The fourth-order valence-corrected chi connectivity index (χ4v) is 3.64. The van der Waals surface area contributed by atoms with Crippen molar-refractivity contribution in [3.63, 3.8) is 0 Å². The van der Waals surface area contributed by atoms with Crippen molar-refractivity contribution < 1.29 is 24.2 Å². The van der Waals surface area contributed by atoms with Gasteiger partial charge in [0.05, 0.1) is 19.1 Å².